The number of carbonyl (C=O) groups is 1. The molecule has 0 aromatic rings. The summed E-state index contributed by atoms with van der Waals surface area (Å²) in [6.07, 6.45) is 0.0815. The SMILES string of the molecule is [2H]C1([2H])CC[C@]([2H])(C(=O)O)N1. The minimum atomic E-state index is -1.83. The standard InChI is InChI=1S/C5H9NO2/c7-5(8)4-2-1-3-6-4/h4,6H,1-3H2,(H,7,8)/t4-/m1/s1/i3D2,4D. The minimum absolute atomic E-state index is 0.00926. The molecule has 0 aromatic heterocycles. The van der Waals surface area contributed by atoms with E-state index in [0.717, 1.165) is 0 Å². The van der Waals surface area contributed by atoms with Crippen molar-refractivity contribution in [3.63, 3.8) is 0 Å². The molecule has 46 valence electrons. The van der Waals surface area contributed by atoms with Gasteiger partial charge in [0.25, 0.3) is 0 Å². The Labute approximate surface area is 51.9 Å². The highest BCUT2D eigenvalue weighted by molar-refractivity contribution is 5.73. The molecule has 1 heterocycles. The second-order valence-electron chi connectivity index (χ2n) is 1.59. The van der Waals surface area contributed by atoms with E-state index in [4.69, 9.17) is 9.22 Å². The molecule has 0 saturated carbocycles. The fourth-order valence-corrected chi connectivity index (χ4v) is 0.580. The lowest BCUT2D eigenvalue weighted by molar-refractivity contribution is -0.139. The first kappa shape index (κ1) is 2.82. The number of hydrogen-bond acceptors (Lipinski definition) is 2. The van der Waals surface area contributed by atoms with E-state index < -0.39 is 18.5 Å². The second-order valence-corrected chi connectivity index (χ2v) is 1.59. The molecule has 3 nitrogen and oxygen atoms in total. The molecule has 1 saturated heterocycles. The third-order valence-electron chi connectivity index (χ3n) is 0.997. The average Bonchev–Trinajstić information content (AvgIpc) is 2.08. The maximum Gasteiger partial charge on any atom is 0.320 e. The first-order chi connectivity index (χ1) is 4.86. The van der Waals surface area contributed by atoms with Gasteiger partial charge in [-0.3, -0.25) is 4.79 Å². The van der Waals surface area contributed by atoms with E-state index in [1.807, 2.05) is 0 Å². The summed E-state index contributed by atoms with van der Waals surface area (Å²) in [5, 5.41) is 10.6. The molecule has 1 rings (SSSR count). The summed E-state index contributed by atoms with van der Waals surface area (Å²) < 4.78 is 21.5. The van der Waals surface area contributed by atoms with Gasteiger partial charge in [-0.15, -0.1) is 0 Å². The molecule has 0 aromatic carbocycles. The Morgan fingerprint density at radius 3 is 3.12 bits per heavy atom. The zero-order chi connectivity index (χ0) is 8.70. The molecule has 0 bridgehead atoms. The van der Waals surface area contributed by atoms with Gasteiger partial charge in [0.05, 0.1) is 1.37 Å². The average molecular weight is 118 g/mol. The minimum Gasteiger partial charge on any atom is -0.480 e. The van der Waals surface area contributed by atoms with Crippen LogP contribution in [0.5, 0.6) is 0 Å². The van der Waals surface area contributed by atoms with Crippen LogP contribution < -0.4 is 5.32 Å². The van der Waals surface area contributed by atoms with Crippen molar-refractivity contribution in [2.24, 2.45) is 0 Å². The van der Waals surface area contributed by atoms with Gasteiger partial charge in [-0.2, -0.15) is 0 Å². The topological polar surface area (TPSA) is 49.3 Å². The normalized spacial score (nSPS) is 49.2. The molecular weight excluding hydrogens is 106 g/mol. The molecule has 2 N–H and O–H groups in total. The van der Waals surface area contributed by atoms with Crippen molar-refractivity contribution in [2.75, 3.05) is 6.50 Å². The molecule has 8 heavy (non-hydrogen) atoms. The number of aliphatic carboxylic acids is 1. The highest BCUT2D eigenvalue weighted by Crippen LogP contribution is 2.03. The van der Waals surface area contributed by atoms with Crippen LogP contribution in [0.4, 0.5) is 0 Å². The molecule has 0 radical (unpaired) electrons. The zero-order valence-corrected chi connectivity index (χ0v) is 4.27. The molecule has 1 atom stereocenters. The van der Waals surface area contributed by atoms with Crippen molar-refractivity contribution >= 4 is 5.97 Å². The number of carboxylic acid groups (broad SMARTS) is 1. The lowest BCUT2D eigenvalue weighted by Crippen LogP contribution is -2.29. The lowest BCUT2D eigenvalue weighted by Gasteiger charge is -1.99. The van der Waals surface area contributed by atoms with Crippen LogP contribution in [0.25, 0.3) is 0 Å². The van der Waals surface area contributed by atoms with Crippen LogP contribution in [0.2, 0.25) is 0 Å². The predicted octanol–water partition coefficient (Wildman–Crippen LogP) is -0.177. The summed E-state index contributed by atoms with van der Waals surface area (Å²) >= 11 is 0. The van der Waals surface area contributed by atoms with Gasteiger partial charge in [-0.25, -0.2) is 0 Å². The highest BCUT2D eigenvalue weighted by Gasteiger charge is 2.20. The maximum absolute atomic E-state index is 10.4. The van der Waals surface area contributed by atoms with Crippen LogP contribution in [0.1, 0.15) is 17.0 Å². The largest absolute Gasteiger partial charge is 0.480 e. The maximum atomic E-state index is 10.4. The van der Waals surface area contributed by atoms with Crippen molar-refractivity contribution in [1.29, 1.82) is 0 Å². The van der Waals surface area contributed by atoms with Crippen LogP contribution in [0.15, 0.2) is 0 Å². The number of rotatable bonds is 1. The van der Waals surface area contributed by atoms with E-state index in [1.54, 1.807) is 0 Å². The summed E-state index contributed by atoms with van der Waals surface area (Å²) in [6.45, 7) is -1.71. The molecule has 1 fully saturated rings. The van der Waals surface area contributed by atoms with Crippen molar-refractivity contribution in [3.05, 3.63) is 0 Å². The summed E-state index contributed by atoms with van der Waals surface area (Å²) in [5.74, 6) is -1.32. The fraction of sp³-hybridized carbons (Fsp3) is 0.800. The Bertz CT molecular complexity index is 196. The van der Waals surface area contributed by atoms with Gasteiger partial charge in [0.2, 0.25) is 0 Å². The van der Waals surface area contributed by atoms with Crippen LogP contribution in [0, 0.1) is 0 Å². The first-order valence-corrected chi connectivity index (χ1v) is 2.38. The smallest absolute Gasteiger partial charge is 0.320 e. The van der Waals surface area contributed by atoms with Gasteiger partial charge in [0.1, 0.15) is 6.02 Å². The van der Waals surface area contributed by atoms with Crippen LogP contribution in [0.3, 0.4) is 0 Å². The fourth-order valence-electron chi connectivity index (χ4n) is 0.580. The Morgan fingerprint density at radius 2 is 2.88 bits per heavy atom. The van der Waals surface area contributed by atoms with Crippen molar-refractivity contribution < 1.29 is 14.0 Å². The van der Waals surface area contributed by atoms with Gasteiger partial charge in [-0.05, 0) is 19.3 Å². The number of hydrogen-bond donors (Lipinski definition) is 2. The predicted molar refractivity (Wildman–Crippen MR) is 28.7 cm³/mol. The van der Waals surface area contributed by atoms with Gasteiger partial charge in [0.15, 0.2) is 0 Å². The van der Waals surface area contributed by atoms with Crippen molar-refractivity contribution in [3.8, 4) is 0 Å². The van der Waals surface area contributed by atoms with E-state index in [1.165, 1.54) is 0 Å². The molecule has 0 spiro atoms. The summed E-state index contributed by atoms with van der Waals surface area (Å²) in [4.78, 5) is 10.4. The molecule has 1 aliphatic heterocycles. The quantitative estimate of drug-likeness (QED) is 0.502. The highest BCUT2D eigenvalue weighted by atomic mass is 16.4. The van der Waals surface area contributed by atoms with Crippen molar-refractivity contribution in [2.45, 2.75) is 18.9 Å². The Balaban J connectivity index is 2.73. The molecule has 0 aliphatic carbocycles. The van der Waals surface area contributed by atoms with Gasteiger partial charge in [-0.1, -0.05) is 0 Å². The Hall–Kier alpha value is -0.570. The van der Waals surface area contributed by atoms with Crippen molar-refractivity contribution in [1.82, 2.24) is 5.32 Å². The van der Waals surface area contributed by atoms with Gasteiger partial charge in [0, 0.05) is 2.74 Å². The summed E-state index contributed by atoms with van der Waals surface area (Å²) in [5.41, 5.74) is 0. The third-order valence-corrected chi connectivity index (χ3v) is 0.997. The van der Waals surface area contributed by atoms with E-state index in [2.05, 4.69) is 5.32 Å². The van der Waals surface area contributed by atoms with Gasteiger partial charge < -0.3 is 10.4 Å². The molecular formula is C5H9NO2. The van der Waals surface area contributed by atoms with Gasteiger partial charge >= 0.3 is 5.97 Å². The lowest BCUT2D eigenvalue weighted by atomic mass is 10.2. The molecule has 0 amide bonds. The molecule has 1 aliphatic rings. The van der Waals surface area contributed by atoms with E-state index in [0.29, 0.717) is 0 Å². The second kappa shape index (κ2) is 2.13. The zero-order valence-electron chi connectivity index (χ0n) is 7.27. The third kappa shape index (κ3) is 0.980. The summed E-state index contributed by atoms with van der Waals surface area (Å²) in [7, 11) is 0. The van der Waals surface area contributed by atoms with E-state index in [-0.39, 0.29) is 12.8 Å². The number of carboxylic acids is 1. The monoisotopic (exact) mass is 118 g/mol. The summed E-state index contributed by atoms with van der Waals surface area (Å²) in [6, 6.07) is -1.83. The molecule has 0 unspecified atom stereocenters. The molecule has 3 heteroatoms. The van der Waals surface area contributed by atoms with E-state index in [9.17, 15) is 4.79 Å². The Kier molecular flexibility index (Phi) is 0.753. The van der Waals surface area contributed by atoms with Crippen LogP contribution >= 0.6 is 0 Å². The first-order valence-electron chi connectivity index (χ1n) is 3.88. The number of nitrogens with one attached hydrogen (secondary N) is 1. The van der Waals surface area contributed by atoms with E-state index >= 15 is 0 Å². The Morgan fingerprint density at radius 1 is 2.12 bits per heavy atom. The van der Waals surface area contributed by atoms with Crippen LogP contribution in [-0.4, -0.2) is 23.6 Å². The van der Waals surface area contributed by atoms with Crippen LogP contribution in [-0.2, 0) is 4.79 Å².